The summed E-state index contributed by atoms with van der Waals surface area (Å²) in [5.41, 5.74) is 0. The van der Waals surface area contributed by atoms with Gasteiger partial charge in [-0.05, 0) is 0 Å². The molecule has 0 amide bonds. The van der Waals surface area contributed by atoms with Crippen molar-refractivity contribution >= 4 is 18.3 Å². The zero-order chi connectivity index (χ0) is 5.70. The molecule has 42 valence electrons. The zero-order valence-corrected chi connectivity index (χ0v) is 7.65. The van der Waals surface area contributed by atoms with E-state index in [0.717, 1.165) is 0 Å². The van der Waals surface area contributed by atoms with Crippen LogP contribution in [0.4, 0.5) is 0 Å². The third kappa shape index (κ3) is 6.43. The smallest absolute Gasteiger partial charge is 0.0339 e. The van der Waals surface area contributed by atoms with Crippen LogP contribution in [0.1, 0.15) is 0 Å². The van der Waals surface area contributed by atoms with E-state index in [1.165, 1.54) is 15.6 Å². The molecule has 0 aromatic carbocycles. The first-order chi connectivity index (χ1) is 3.27. The molecule has 0 nitrogen and oxygen atoms in total. The molecule has 0 aliphatic heterocycles. The standard InChI is InChI=1S/C5H14Si2/c1-6-4-5-7(2)3/h7H,4-5H2,1-3H3. The van der Waals surface area contributed by atoms with E-state index < -0.39 is 0 Å². The van der Waals surface area contributed by atoms with Crippen LogP contribution in [0, 0.1) is 0 Å². The molecule has 0 aliphatic rings. The Morgan fingerprint density at radius 3 is 2.14 bits per heavy atom. The molecule has 0 rings (SSSR count). The Kier molecular flexibility index (Phi) is 4.87. The first-order valence-corrected chi connectivity index (χ1v) is 7.75. The molecule has 0 aliphatic carbocycles. The van der Waals surface area contributed by atoms with E-state index in [4.69, 9.17) is 0 Å². The minimum absolute atomic E-state index is 0.181. The summed E-state index contributed by atoms with van der Waals surface area (Å²) < 4.78 is 0. The lowest BCUT2D eigenvalue weighted by Crippen LogP contribution is -1.98. The third-order valence-corrected chi connectivity index (χ3v) is 3.78. The molecular weight excluding hydrogens is 116 g/mol. The Hall–Kier alpha value is 0.434. The van der Waals surface area contributed by atoms with Gasteiger partial charge in [0.1, 0.15) is 0 Å². The highest BCUT2D eigenvalue weighted by atomic mass is 28.3. The monoisotopic (exact) mass is 130 g/mol. The van der Waals surface area contributed by atoms with Crippen molar-refractivity contribution < 1.29 is 0 Å². The van der Waals surface area contributed by atoms with Crippen molar-refractivity contribution in [3.8, 4) is 0 Å². The molecule has 0 heterocycles. The predicted octanol–water partition coefficient (Wildman–Crippen LogP) is 1.64. The molecule has 0 atom stereocenters. The van der Waals surface area contributed by atoms with E-state index in [1.54, 1.807) is 6.04 Å². The van der Waals surface area contributed by atoms with Crippen molar-refractivity contribution in [2.45, 2.75) is 31.7 Å². The highest BCUT2D eigenvalue weighted by Gasteiger charge is 1.91. The normalized spacial score (nSPS) is 10.3. The fraction of sp³-hybridized carbons (Fsp3) is 1.00. The summed E-state index contributed by atoms with van der Waals surface area (Å²) in [6, 6.07) is 3.04. The second-order valence-corrected chi connectivity index (χ2v) is 6.86. The van der Waals surface area contributed by atoms with Gasteiger partial charge in [-0.2, -0.15) is 0 Å². The van der Waals surface area contributed by atoms with Gasteiger partial charge in [0.2, 0.25) is 0 Å². The van der Waals surface area contributed by atoms with Gasteiger partial charge in [-0.3, -0.25) is 0 Å². The van der Waals surface area contributed by atoms with Gasteiger partial charge in [-0.25, -0.2) is 0 Å². The lowest BCUT2D eigenvalue weighted by atomic mass is 10.9. The Morgan fingerprint density at radius 1 is 1.43 bits per heavy atom. The first kappa shape index (κ1) is 7.43. The van der Waals surface area contributed by atoms with Crippen molar-refractivity contribution in [1.82, 2.24) is 0 Å². The van der Waals surface area contributed by atoms with Crippen LogP contribution in [0.25, 0.3) is 0 Å². The summed E-state index contributed by atoms with van der Waals surface area (Å²) in [6.45, 7) is 7.12. The van der Waals surface area contributed by atoms with E-state index >= 15 is 0 Å². The highest BCUT2D eigenvalue weighted by Crippen LogP contribution is 1.94. The van der Waals surface area contributed by atoms with E-state index in [1.807, 2.05) is 0 Å². The summed E-state index contributed by atoms with van der Waals surface area (Å²) in [5, 5.41) is 0. The lowest BCUT2D eigenvalue weighted by Gasteiger charge is -1.96. The van der Waals surface area contributed by atoms with Gasteiger partial charge in [-0.15, -0.1) is 0 Å². The lowest BCUT2D eigenvalue weighted by molar-refractivity contribution is 1.38. The van der Waals surface area contributed by atoms with Crippen LogP contribution in [0.5, 0.6) is 0 Å². The first-order valence-electron chi connectivity index (χ1n) is 2.92. The van der Waals surface area contributed by atoms with Gasteiger partial charge in [0, 0.05) is 18.3 Å². The van der Waals surface area contributed by atoms with Crippen LogP contribution in [0.15, 0.2) is 0 Å². The van der Waals surface area contributed by atoms with Gasteiger partial charge in [-0.1, -0.05) is 31.7 Å². The van der Waals surface area contributed by atoms with Gasteiger partial charge in [0.05, 0.1) is 0 Å². The summed E-state index contributed by atoms with van der Waals surface area (Å²) in [4.78, 5) is 0. The molecule has 0 aromatic heterocycles. The third-order valence-electron chi connectivity index (χ3n) is 0.972. The van der Waals surface area contributed by atoms with Crippen LogP contribution in [0.3, 0.4) is 0 Å². The fourth-order valence-electron chi connectivity index (χ4n) is 0.433. The molecule has 2 radical (unpaired) electrons. The van der Waals surface area contributed by atoms with E-state index in [0.29, 0.717) is 0 Å². The molecule has 0 saturated heterocycles. The SMILES string of the molecule is C[Si]CC[SiH](C)C. The average Bonchev–Trinajstić information content (AvgIpc) is 1.61. The second kappa shape index (κ2) is 4.59. The van der Waals surface area contributed by atoms with Crippen LogP contribution in [0.2, 0.25) is 31.7 Å². The molecule has 7 heavy (non-hydrogen) atoms. The summed E-state index contributed by atoms with van der Waals surface area (Å²) in [7, 11) is 1.00. The van der Waals surface area contributed by atoms with E-state index in [-0.39, 0.29) is 8.80 Å². The summed E-state index contributed by atoms with van der Waals surface area (Å²) >= 11 is 0. The maximum atomic E-state index is 2.42. The molecule has 0 spiro atoms. The fourth-order valence-corrected chi connectivity index (χ4v) is 3.90. The maximum Gasteiger partial charge on any atom is 0.0339 e. The highest BCUT2D eigenvalue weighted by molar-refractivity contribution is 6.57. The van der Waals surface area contributed by atoms with Crippen LogP contribution in [-0.2, 0) is 0 Å². The molecule has 2 heteroatoms. The minimum Gasteiger partial charge on any atom is -0.0733 e. The number of hydrogen-bond acceptors (Lipinski definition) is 0. The minimum atomic E-state index is -0.181. The molecule has 0 N–H and O–H groups in total. The molecular formula is C5H14Si2. The number of rotatable bonds is 3. The molecule has 0 saturated carbocycles. The average molecular weight is 130 g/mol. The number of hydrogen-bond donors (Lipinski definition) is 0. The quantitative estimate of drug-likeness (QED) is 0.510. The van der Waals surface area contributed by atoms with E-state index in [2.05, 4.69) is 19.6 Å². The van der Waals surface area contributed by atoms with Crippen molar-refractivity contribution in [1.29, 1.82) is 0 Å². The van der Waals surface area contributed by atoms with Crippen molar-refractivity contribution in [2.24, 2.45) is 0 Å². The Labute approximate surface area is 50.8 Å². The Balaban J connectivity index is 2.68. The van der Waals surface area contributed by atoms with Gasteiger partial charge in [0.25, 0.3) is 0 Å². The molecule has 0 bridgehead atoms. The van der Waals surface area contributed by atoms with Crippen molar-refractivity contribution in [2.75, 3.05) is 0 Å². The van der Waals surface area contributed by atoms with Crippen LogP contribution < -0.4 is 0 Å². The van der Waals surface area contributed by atoms with Gasteiger partial charge >= 0.3 is 0 Å². The topological polar surface area (TPSA) is 0 Å². The Morgan fingerprint density at radius 2 is 2.00 bits per heavy atom. The predicted molar refractivity (Wildman–Crippen MR) is 40.1 cm³/mol. The van der Waals surface area contributed by atoms with Crippen molar-refractivity contribution in [3.63, 3.8) is 0 Å². The maximum absolute atomic E-state index is 2.42. The van der Waals surface area contributed by atoms with Crippen LogP contribution >= 0.6 is 0 Å². The summed E-state index contributed by atoms with van der Waals surface area (Å²) in [5.74, 6) is 0. The van der Waals surface area contributed by atoms with Crippen LogP contribution in [-0.4, -0.2) is 18.3 Å². The largest absolute Gasteiger partial charge is 0.0733 e. The Bertz CT molecular complexity index is 35.1. The molecule has 0 unspecified atom stereocenters. The zero-order valence-electron chi connectivity index (χ0n) is 5.49. The second-order valence-electron chi connectivity index (χ2n) is 2.29. The molecule has 0 aromatic rings. The van der Waals surface area contributed by atoms with Gasteiger partial charge < -0.3 is 0 Å². The molecule has 0 fully saturated rings. The van der Waals surface area contributed by atoms with Gasteiger partial charge in [0.15, 0.2) is 0 Å². The summed E-state index contributed by atoms with van der Waals surface area (Å²) in [6.07, 6.45) is 0. The van der Waals surface area contributed by atoms with Crippen molar-refractivity contribution in [3.05, 3.63) is 0 Å². The van der Waals surface area contributed by atoms with E-state index in [9.17, 15) is 0 Å².